The van der Waals surface area contributed by atoms with E-state index in [9.17, 15) is 14.7 Å². The quantitative estimate of drug-likeness (QED) is 0.591. The first-order chi connectivity index (χ1) is 11.0. The Morgan fingerprint density at radius 1 is 1.26 bits per heavy atom. The molecule has 1 aromatic carbocycles. The molecule has 0 fully saturated rings. The van der Waals surface area contributed by atoms with Crippen molar-refractivity contribution in [3.8, 4) is 0 Å². The Hall–Kier alpha value is -3.09. The number of para-hydroxylation sites is 1. The molecular weight excluding hydrogens is 296 g/mol. The van der Waals surface area contributed by atoms with Gasteiger partial charge >= 0.3 is 5.97 Å². The molecule has 7 heteroatoms. The molecule has 23 heavy (non-hydrogen) atoms. The van der Waals surface area contributed by atoms with E-state index < -0.39 is 17.9 Å². The van der Waals surface area contributed by atoms with Gasteiger partial charge in [0.1, 0.15) is 5.69 Å². The molecule has 4 N–H and O–H groups in total. The number of benzene rings is 1. The number of H-pyrrole nitrogens is 2. The number of rotatable bonds is 4. The standard InChI is InChI=1S/C16H16N4O3/c1-8-13(9(2)20-19-8)14(16(22)23)18-15(21)12-7-10-5-3-4-6-11(10)17-12/h3-7,14,17H,1-2H3,(H,18,21)(H,19,20)(H,22,23)/t14-/m0/s1. The molecule has 7 nitrogen and oxygen atoms in total. The fourth-order valence-corrected chi connectivity index (χ4v) is 2.65. The minimum Gasteiger partial charge on any atom is -0.479 e. The van der Waals surface area contributed by atoms with Gasteiger partial charge in [0, 0.05) is 22.2 Å². The summed E-state index contributed by atoms with van der Waals surface area (Å²) < 4.78 is 0. The molecule has 0 aliphatic carbocycles. The molecule has 2 aromatic heterocycles. The summed E-state index contributed by atoms with van der Waals surface area (Å²) in [6.45, 7) is 3.42. The van der Waals surface area contributed by atoms with Crippen LogP contribution in [0.3, 0.4) is 0 Å². The number of carbonyl (C=O) groups is 2. The van der Waals surface area contributed by atoms with Crippen LogP contribution in [0.5, 0.6) is 0 Å². The van der Waals surface area contributed by atoms with Crippen molar-refractivity contribution in [2.24, 2.45) is 0 Å². The number of hydrogen-bond acceptors (Lipinski definition) is 3. The van der Waals surface area contributed by atoms with Gasteiger partial charge in [0.15, 0.2) is 6.04 Å². The number of aliphatic carboxylic acids is 1. The number of nitrogens with zero attached hydrogens (tertiary/aromatic N) is 1. The molecule has 2 heterocycles. The lowest BCUT2D eigenvalue weighted by molar-refractivity contribution is -0.139. The maximum atomic E-state index is 12.4. The van der Waals surface area contributed by atoms with E-state index in [1.807, 2.05) is 24.3 Å². The predicted octanol–water partition coefficient (Wildman–Crippen LogP) is 2.06. The highest BCUT2D eigenvalue weighted by atomic mass is 16.4. The Kier molecular flexibility index (Phi) is 3.61. The Bertz CT molecular complexity index is 841. The van der Waals surface area contributed by atoms with Crippen LogP contribution in [0.4, 0.5) is 0 Å². The Labute approximate surface area is 131 Å². The van der Waals surface area contributed by atoms with E-state index in [2.05, 4.69) is 20.5 Å². The van der Waals surface area contributed by atoms with E-state index in [0.29, 0.717) is 22.6 Å². The predicted molar refractivity (Wildman–Crippen MR) is 84.2 cm³/mol. The van der Waals surface area contributed by atoms with Crippen molar-refractivity contribution in [3.05, 3.63) is 53.0 Å². The topological polar surface area (TPSA) is 111 Å². The fraction of sp³-hybridized carbons (Fsp3) is 0.188. The largest absolute Gasteiger partial charge is 0.479 e. The van der Waals surface area contributed by atoms with E-state index in [1.165, 1.54) is 0 Å². The van der Waals surface area contributed by atoms with Crippen LogP contribution >= 0.6 is 0 Å². The van der Waals surface area contributed by atoms with Crippen LogP contribution in [0.2, 0.25) is 0 Å². The molecule has 0 radical (unpaired) electrons. The summed E-state index contributed by atoms with van der Waals surface area (Å²) in [4.78, 5) is 27.0. The number of amides is 1. The highest BCUT2D eigenvalue weighted by Crippen LogP contribution is 2.21. The monoisotopic (exact) mass is 312 g/mol. The minimum absolute atomic E-state index is 0.316. The summed E-state index contributed by atoms with van der Waals surface area (Å²) in [6, 6.07) is 7.99. The van der Waals surface area contributed by atoms with Gasteiger partial charge < -0.3 is 15.4 Å². The second-order valence-corrected chi connectivity index (χ2v) is 5.36. The van der Waals surface area contributed by atoms with E-state index in [1.54, 1.807) is 19.9 Å². The van der Waals surface area contributed by atoms with Gasteiger partial charge in [-0.2, -0.15) is 5.10 Å². The molecule has 1 amide bonds. The van der Waals surface area contributed by atoms with E-state index in [-0.39, 0.29) is 0 Å². The fourth-order valence-electron chi connectivity index (χ4n) is 2.65. The minimum atomic E-state index is -1.16. The van der Waals surface area contributed by atoms with Crippen molar-refractivity contribution < 1.29 is 14.7 Å². The number of carbonyl (C=O) groups excluding carboxylic acids is 1. The summed E-state index contributed by atoms with van der Waals surface area (Å²) >= 11 is 0. The molecule has 1 atom stereocenters. The van der Waals surface area contributed by atoms with Crippen molar-refractivity contribution in [2.45, 2.75) is 19.9 Å². The summed E-state index contributed by atoms with van der Waals surface area (Å²) in [5.74, 6) is -1.62. The third kappa shape index (κ3) is 2.68. The van der Waals surface area contributed by atoms with Gasteiger partial charge in [-0.25, -0.2) is 4.79 Å². The SMILES string of the molecule is Cc1n[nH]c(C)c1[C@H](NC(=O)c1cc2ccccc2[nH]1)C(=O)O. The number of aromatic amines is 2. The number of nitrogens with one attached hydrogen (secondary N) is 3. The smallest absolute Gasteiger partial charge is 0.331 e. The summed E-state index contributed by atoms with van der Waals surface area (Å²) in [5, 5.41) is 19.6. The molecule has 0 saturated heterocycles. The van der Waals surface area contributed by atoms with Crippen LogP contribution in [0, 0.1) is 13.8 Å². The lowest BCUT2D eigenvalue weighted by Gasteiger charge is -2.14. The summed E-state index contributed by atoms with van der Waals surface area (Å²) in [5.41, 5.74) is 2.78. The zero-order chi connectivity index (χ0) is 16.6. The Morgan fingerprint density at radius 3 is 2.61 bits per heavy atom. The zero-order valence-electron chi connectivity index (χ0n) is 12.7. The number of hydrogen-bond donors (Lipinski definition) is 4. The Morgan fingerprint density at radius 2 is 2.00 bits per heavy atom. The van der Waals surface area contributed by atoms with E-state index in [4.69, 9.17) is 0 Å². The molecule has 0 unspecified atom stereocenters. The van der Waals surface area contributed by atoms with Crippen LogP contribution in [0.1, 0.15) is 33.5 Å². The van der Waals surface area contributed by atoms with E-state index >= 15 is 0 Å². The van der Waals surface area contributed by atoms with E-state index in [0.717, 1.165) is 10.9 Å². The molecule has 0 aliphatic rings. The average molecular weight is 312 g/mol. The average Bonchev–Trinajstić information content (AvgIpc) is 3.08. The molecule has 0 bridgehead atoms. The molecule has 0 aliphatic heterocycles. The molecule has 0 saturated carbocycles. The first kappa shape index (κ1) is 14.8. The third-order valence-corrected chi connectivity index (χ3v) is 3.77. The number of aromatic nitrogens is 3. The van der Waals surface area contributed by atoms with Crippen LogP contribution in [0.15, 0.2) is 30.3 Å². The maximum Gasteiger partial charge on any atom is 0.331 e. The third-order valence-electron chi connectivity index (χ3n) is 3.77. The molecule has 3 rings (SSSR count). The number of carboxylic acid groups (broad SMARTS) is 1. The van der Waals surface area contributed by atoms with Crippen LogP contribution < -0.4 is 5.32 Å². The molecule has 3 aromatic rings. The lowest BCUT2D eigenvalue weighted by Crippen LogP contribution is -2.34. The number of aryl methyl sites for hydroxylation is 2. The molecular formula is C16H16N4O3. The van der Waals surface area contributed by atoms with Crippen molar-refractivity contribution in [1.82, 2.24) is 20.5 Å². The van der Waals surface area contributed by atoms with Crippen molar-refractivity contribution in [2.75, 3.05) is 0 Å². The van der Waals surface area contributed by atoms with Gasteiger partial charge in [0.25, 0.3) is 5.91 Å². The lowest BCUT2D eigenvalue weighted by atomic mass is 10.0. The summed E-state index contributed by atoms with van der Waals surface area (Å²) in [6.07, 6.45) is 0. The highest BCUT2D eigenvalue weighted by molar-refractivity contribution is 5.99. The van der Waals surface area contributed by atoms with Gasteiger partial charge in [-0.3, -0.25) is 9.89 Å². The summed E-state index contributed by atoms with van der Waals surface area (Å²) in [7, 11) is 0. The van der Waals surface area contributed by atoms with Crippen LogP contribution in [-0.2, 0) is 4.79 Å². The van der Waals surface area contributed by atoms with Crippen LogP contribution in [-0.4, -0.2) is 32.2 Å². The van der Waals surface area contributed by atoms with Crippen molar-refractivity contribution in [3.63, 3.8) is 0 Å². The van der Waals surface area contributed by atoms with Gasteiger partial charge in [0.2, 0.25) is 0 Å². The first-order valence-corrected chi connectivity index (χ1v) is 7.10. The second kappa shape index (κ2) is 5.60. The van der Waals surface area contributed by atoms with Gasteiger partial charge in [-0.15, -0.1) is 0 Å². The first-order valence-electron chi connectivity index (χ1n) is 7.10. The zero-order valence-corrected chi connectivity index (χ0v) is 12.7. The Balaban J connectivity index is 1.91. The van der Waals surface area contributed by atoms with Gasteiger partial charge in [-0.05, 0) is 26.0 Å². The maximum absolute atomic E-state index is 12.4. The van der Waals surface area contributed by atoms with Gasteiger partial charge in [-0.1, -0.05) is 18.2 Å². The van der Waals surface area contributed by atoms with Crippen molar-refractivity contribution in [1.29, 1.82) is 0 Å². The second-order valence-electron chi connectivity index (χ2n) is 5.36. The number of fused-ring (bicyclic) bond motifs is 1. The highest BCUT2D eigenvalue weighted by Gasteiger charge is 2.28. The van der Waals surface area contributed by atoms with Crippen LogP contribution in [0.25, 0.3) is 10.9 Å². The number of carboxylic acids is 1. The van der Waals surface area contributed by atoms with Gasteiger partial charge in [0.05, 0.1) is 5.69 Å². The molecule has 118 valence electrons. The van der Waals surface area contributed by atoms with Crippen molar-refractivity contribution >= 4 is 22.8 Å². The normalized spacial score (nSPS) is 12.3. The molecule has 0 spiro atoms.